The maximum absolute atomic E-state index is 2.57. The van der Waals surface area contributed by atoms with E-state index in [0.29, 0.717) is 0 Å². The van der Waals surface area contributed by atoms with Gasteiger partial charge in [-0.1, -0.05) is 146 Å². The zero-order valence-corrected chi connectivity index (χ0v) is 30.0. The lowest BCUT2D eigenvalue weighted by molar-refractivity contribution is 1.34. The van der Waals surface area contributed by atoms with Crippen LogP contribution in [0.15, 0.2) is 200 Å². The molecule has 12 aromatic carbocycles. The van der Waals surface area contributed by atoms with Gasteiger partial charge in [0.25, 0.3) is 0 Å². The third-order valence-corrected chi connectivity index (χ3v) is 11.8. The van der Waals surface area contributed by atoms with Gasteiger partial charge in [0.05, 0.1) is 17.1 Å². The smallest absolute Gasteiger partial charge is 0.0546 e. The normalized spacial score (nSPS) is 12.0. The molecule has 0 aliphatic rings. The Morgan fingerprint density at radius 1 is 0.182 bits per heavy atom. The van der Waals surface area contributed by atoms with Crippen molar-refractivity contribution in [3.8, 4) is 0 Å². The van der Waals surface area contributed by atoms with Gasteiger partial charge in [-0.2, -0.15) is 0 Å². The minimum absolute atomic E-state index is 1.16. The Hall–Kier alpha value is -7.22. The monoisotopic (exact) mass is 695 g/mol. The highest BCUT2D eigenvalue weighted by Gasteiger charge is 2.23. The van der Waals surface area contributed by atoms with Crippen molar-refractivity contribution < 1.29 is 0 Å². The van der Waals surface area contributed by atoms with Gasteiger partial charge in [0.2, 0.25) is 0 Å². The fourth-order valence-electron chi connectivity index (χ4n) is 9.28. The minimum Gasteiger partial charge on any atom is -0.309 e. The standard InChI is InChI=1S/C54H33N/c1-4-16-37-28-49-40(25-34(37)13-1)31-52(46-22-10-7-19-43(46)49)55(53-32-41-26-35-14-2-5-17-38(35)29-50(41)44-20-8-11-23-47(44)53)54-33-42-27-36-15-3-6-18-39(36)30-51(42)45-21-9-12-24-48(45)54/h1-33H. The molecule has 55 heavy (non-hydrogen) atoms. The first-order chi connectivity index (χ1) is 27.2. The van der Waals surface area contributed by atoms with Crippen LogP contribution in [0.1, 0.15) is 0 Å². The third kappa shape index (κ3) is 4.60. The second-order valence-corrected chi connectivity index (χ2v) is 14.9. The van der Waals surface area contributed by atoms with Crippen molar-refractivity contribution in [3.63, 3.8) is 0 Å². The Morgan fingerprint density at radius 3 is 0.709 bits per heavy atom. The predicted octanol–water partition coefficient (Wildman–Crippen LogP) is 15.5. The molecule has 1 heteroatoms. The summed E-state index contributed by atoms with van der Waals surface area (Å²) in [5.41, 5.74) is 3.48. The molecule has 0 aliphatic carbocycles. The number of benzene rings is 12. The second-order valence-electron chi connectivity index (χ2n) is 14.9. The molecule has 0 radical (unpaired) electrons. The van der Waals surface area contributed by atoms with Crippen molar-refractivity contribution in [2.75, 3.05) is 4.90 Å². The van der Waals surface area contributed by atoms with E-state index in [1.165, 1.54) is 97.0 Å². The van der Waals surface area contributed by atoms with Gasteiger partial charge in [0, 0.05) is 16.2 Å². The van der Waals surface area contributed by atoms with Crippen LogP contribution >= 0.6 is 0 Å². The van der Waals surface area contributed by atoms with Gasteiger partial charge in [-0.05, 0) is 135 Å². The van der Waals surface area contributed by atoms with Gasteiger partial charge in [-0.3, -0.25) is 0 Å². The largest absolute Gasteiger partial charge is 0.309 e. The molecular formula is C54H33N. The van der Waals surface area contributed by atoms with Crippen LogP contribution in [-0.4, -0.2) is 0 Å². The second kappa shape index (κ2) is 11.6. The fraction of sp³-hybridized carbons (Fsp3) is 0. The minimum atomic E-state index is 1.16. The van der Waals surface area contributed by atoms with Gasteiger partial charge in [-0.15, -0.1) is 0 Å². The van der Waals surface area contributed by atoms with E-state index in [0.717, 1.165) is 17.1 Å². The molecule has 12 aromatic rings. The molecule has 0 saturated carbocycles. The summed E-state index contributed by atoms with van der Waals surface area (Å²) >= 11 is 0. The number of rotatable bonds is 3. The average Bonchev–Trinajstić information content (AvgIpc) is 3.24. The molecule has 0 saturated heterocycles. The van der Waals surface area contributed by atoms with E-state index in [2.05, 4.69) is 205 Å². The summed E-state index contributed by atoms with van der Waals surface area (Å²) in [4.78, 5) is 2.57. The molecule has 0 N–H and O–H groups in total. The van der Waals surface area contributed by atoms with Crippen molar-refractivity contribution >= 4 is 114 Å². The summed E-state index contributed by atoms with van der Waals surface area (Å²) < 4.78 is 0. The molecule has 0 amide bonds. The Balaban J connectivity index is 1.27. The summed E-state index contributed by atoms with van der Waals surface area (Å²) in [6.07, 6.45) is 0. The number of hydrogen-bond donors (Lipinski definition) is 0. The van der Waals surface area contributed by atoms with Gasteiger partial charge in [0.15, 0.2) is 0 Å². The van der Waals surface area contributed by atoms with Gasteiger partial charge in [-0.25, -0.2) is 0 Å². The van der Waals surface area contributed by atoms with Gasteiger partial charge >= 0.3 is 0 Å². The topological polar surface area (TPSA) is 3.24 Å². The Bertz CT molecular complexity index is 3180. The Morgan fingerprint density at radius 2 is 0.418 bits per heavy atom. The first-order valence-electron chi connectivity index (χ1n) is 19.1. The first kappa shape index (κ1) is 30.3. The average molecular weight is 696 g/mol. The summed E-state index contributed by atoms with van der Waals surface area (Å²) in [7, 11) is 0. The molecule has 0 spiro atoms. The van der Waals surface area contributed by atoms with Crippen LogP contribution in [0.4, 0.5) is 17.1 Å². The van der Waals surface area contributed by atoms with Crippen LogP contribution in [0.25, 0.3) is 97.0 Å². The van der Waals surface area contributed by atoms with Crippen molar-refractivity contribution in [3.05, 3.63) is 200 Å². The van der Waals surface area contributed by atoms with Crippen molar-refractivity contribution in [1.29, 1.82) is 0 Å². The molecule has 0 aliphatic heterocycles. The van der Waals surface area contributed by atoms with Crippen LogP contribution in [0, 0.1) is 0 Å². The molecule has 0 bridgehead atoms. The van der Waals surface area contributed by atoms with Crippen molar-refractivity contribution in [2.24, 2.45) is 0 Å². The van der Waals surface area contributed by atoms with E-state index in [1.54, 1.807) is 0 Å². The van der Waals surface area contributed by atoms with Crippen molar-refractivity contribution in [1.82, 2.24) is 0 Å². The maximum Gasteiger partial charge on any atom is 0.0546 e. The zero-order valence-electron chi connectivity index (χ0n) is 30.0. The highest BCUT2D eigenvalue weighted by molar-refractivity contribution is 6.24. The lowest BCUT2D eigenvalue weighted by Crippen LogP contribution is -2.12. The highest BCUT2D eigenvalue weighted by atomic mass is 15.1. The number of fused-ring (bicyclic) bond motifs is 12. The summed E-state index contributed by atoms with van der Waals surface area (Å²) in [6, 6.07) is 74.6. The lowest BCUT2D eigenvalue weighted by Gasteiger charge is -2.31. The summed E-state index contributed by atoms with van der Waals surface area (Å²) in [6.45, 7) is 0. The highest BCUT2D eigenvalue weighted by Crippen LogP contribution is 2.49. The van der Waals surface area contributed by atoms with Crippen LogP contribution in [0.5, 0.6) is 0 Å². The SMILES string of the molecule is c1ccc2cc3c(cc(N(c4cc5cc6ccccc6cc5c5ccccc45)c4cc5cc6ccccc6cc5c5ccccc45)c4ccccc43)cc2c1. The molecule has 0 aromatic heterocycles. The van der Waals surface area contributed by atoms with Gasteiger partial charge in [0.1, 0.15) is 0 Å². The molecular weight excluding hydrogens is 663 g/mol. The van der Waals surface area contributed by atoms with Crippen LogP contribution in [0.3, 0.4) is 0 Å². The van der Waals surface area contributed by atoms with Gasteiger partial charge < -0.3 is 4.90 Å². The molecule has 12 rings (SSSR count). The number of nitrogens with zero attached hydrogens (tertiary/aromatic N) is 1. The summed E-state index contributed by atoms with van der Waals surface area (Å²) in [5.74, 6) is 0. The van der Waals surface area contributed by atoms with Crippen LogP contribution in [0.2, 0.25) is 0 Å². The number of anilines is 3. The molecule has 0 fully saturated rings. The molecule has 0 atom stereocenters. The van der Waals surface area contributed by atoms with E-state index in [1.807, 2.05) is 0 Å². The van der Waals surface area contributed by atoms with E-state index in [-0.39, 0.29) is 0 Å². The molecule has 0 unspecified atom stereocenters. The molecule has 1 nitrogen and oxygen atoms in total. The van der Waals surface area contributed by atoms with Crippen LogP contribution in [-0.2, 0) is 0 Å². The fourth-order valence-corrected chi connectivity index (χ4v) is 9.28. The Labute approximate surface area is 317 Å². The lowest BCUT2D eigenvalue weighted by atomic mass is 9.92. The number of hydrogen-bond acceptors (Lipinski definition) is 1. The molecule has 254 valence electrons. The van der Waals surface area contributed by atoms with E-state index < -0.39 is 0 Å². The summed E-state index contributed by atoms with van der Waals surface area (Å²) in [5, 5.41) is 22.4. The quantitative estimate of drug-likeness (QED) is 0.131. The van der Waals surface area contributed by atoms with Crippen molar-refractivity contribution in [2.45, 2.75) is 0 Å². The first-order valence-corrected chi connectivity index (χ1v) is 19.1. The predicted molar refractivity (Wildman–Crippen MR) is 239 cm³/mol. The van der Waals surface area contributed by atoms with E-state index >= 15 is 0 Å². The van der Waals surface area contributed by atoms with Crippen LogP contribution < -0.4 is 4.90 Å². The third-order valence-electron chi connectivity index (χ3n) is 11.8. The Kier molecular flexibility index (Phi) is 6.40. The van der Waals surface area contributed by atoms with E-state index in [4.69, 9.17) is 0 Å². The van der Waals surface area contributed by atoms with E-state index in [9.17, 15) is 0 Å². The molecule has 0 heterocycles. The maximum atomic E-state index is 2.57. The zero-order chi connectivity index (χ0) is 36.0.